The summed E-state index contributed by atoms with van der Waals surface area (Å²) >= 11 is 0. The van der Waals surface area contributed by atoms with Gasteiger partial charge in [-0.1, -0.05) is 18.2 Å². The van der Waals surface area contributed by atoms with Crippen molar-refractivity contribution in [1.82, 2.24) is 9.21 Å². The van der Waals surface area contributed by atoms with E-state index < -0.39 is 39.3 Å². The van der Waals surface area contributed by atoms with Gasteiger partial charge in [0.2, 0.25) is 10.0 Å². The predicted octanol–water partition coefficient (Wildman–Crippen LogP) is 1.03. The van der Waals surface area contributed by atoms with Crippen LogP contribution in [0.1, 0.15) is 23.6 Å². The molecule has 10 heteroatoms. The Labute approximate surface area is 198 Å². The molecule has 0 bridgehead atoms. The van der Waals surface area contributed by atoms with Gasteiger partial charge in [-0.2, -0.15) is 0 Å². The number of nitrogens with one attached hydrogen (secondary N) is 1. The van der Waals surface area contributed by atoms with E-state index in [9.17, 15) is 27.5 Å². The summed E-state index contributed by atoms with van der Waals surface area (Å²) in [5.74, 6) is -2.81. The van der Waals surface area contributed by atoms with Gasteiger partial charge in [-0.3, -0.25) is 9.59 Å². The third kappa shape index (κ3) is 4.89. The number of nitrogens with zero attached hydrogens (tertiary/aromatic N) is 2. The van der Waals surface area contributed by atoms with Crippen LogP contribution in [0.5, 0.6) is 0 Å². The SMILES string of the molecule is CN(C)S(=O)(=O)c1ccc(C(O)=C2C(=O)C(=O)N(CCC[NH+](C)C)[C@H]2c2ccccc2F)cc1. The van der Waals surface area contributed by atoms with Crippen molar-refractivity contribution in [3.63, 3.8) is 0 Å². The zero-order chi connectivity index (χ0) is 25.2. The topological polar surface area (TPSA) is 99.4 Å². The number of benzene rings is 2. The molecule has 2 N–H and O–H groups in total. The van der Waals surface area contributed by atoms with Gasteiger partial charge in [0.25, 0.3) is 11.7 Å². The second kappa shape index (κ2) is 10.0. The molecule has 0 radical (unpaired) electrons. The number of hydrogen-bond acceptors (Lipinski definition) is 5. The molecule has 0 spiro atoms. The number of rotatable bonds is 8. The first-order chi connectivity index (χ1) is 16.0. The molecule has 2 aromatic carbocycles. The van der Waals surface area contributed by atoms with Crippen molar-refractivity contribution in [3.05, 3.63) is 71.0 Å². The van der Waals surface area contributed by atoms with Gasteiger partial charge in [-0.05, 0) is 30.3 Å². The molecule has 0 unspecified atom stereocenters. The van der Waals surface area contributed by atoms with Crippen LogP contribution in [-0.4, -0.2) is 75.7 Å². The number of Topliss-reactive ketones (excluding diaryl/α,β-unsaturated/α-hetero) is 1. The lowest BCUT2D eigenvalue weighted by molar-refractivity contribution is -0.858. The quantitative estimate of drug-likeness (QED) is 0.327. The molecule has 1 fully saturated rings. The fourth-order valence-corrected chi connectivity index (χ4v) is 4.79. The molecule has 3 rings (SSSR count). The summed E-state index contributed by atoms with van der Waals surface area (Å²) in [6, 6.07) is 10.0. The summed E-state index contributed by atoms with van der Waals surface area (Å²) in [5, 5.41) is 11.1. The number of amides is 1. The number of aliphatic hydroxyl groups excluding tert-OH is 1. The van der Waals surface area contributed by atoms with E-state index >= 15 is 0 Å². The van der Waals surface area contributed by atoms with E-state index in [2.05, 4.69) is 0 Å². The molecule has 1 atom stereocenters. The summed E-state index contributed by atoms with van der Waals surface area (Å²) < 4.78 is 40.5. The molecule has 0 aromatic heterocycles. The lowest BCUT2D eigenvalue weighted by Crippen LogP contribution is -3.05. The maximum Gasteiger partial charge on any atom is 0.295 e. The third-order valence-corrected chi connectivity index (χ3v) is 7.55. The van der Waals surface area contributed by atoms with Crippen molar-refractivity contribution in [2.45, 2.75) is 17.4 Å². The summed E-state index contributed by atoms with van der Waals surface area (Å²) in [6.07, 6.45) is 0.581. The highest BCUT2D eigenvalue weighted by atomic mass is 32.2. The number of ketones is 1. The molecular weight excluding hydrogens is 461 g/mol. The van der Waals surface area contributed by atoms with E-state index in [1.807, 2.05) is 14.1 Å². The number of likely N-dealkylation sites (tertiary alicyclic amines) is 1. The zero-order valence-corrected chi connectivity index (χ0v) is 20.4. The second-order valence-electron chi connectivity index (χ2n) is 8.64. The van der Waals surface area contributed by atoms with Crippen molar-refractivity contribution in [3.8, 4) is 0 Å². The molecule has 182 valence electrons. The maximum absolute atomic E-state index is 14.8. The Morgan fingerprint density at radius 3 is 2.26 bits per heavy atom. The monoisotopic (exact) mass is 490 g/mol. The average Bonchev–Trinajstić information content (AvgIpc) is 3.03. The molecule has 34 heavy (non-hydrogen) atoms. The highest BCUT2D eigenvalue weighted by molar-refractivity contribution is 7.89. The van der Waals surface area contributed by atoms with E-state index in [0.29, 0.717) is 6.42 Å². The first kappa shape index (κ1) is 25.5. The largest absolute Gasteiger partial charge is 0.507 e. The van der Waals surface area contributed by atoms with Gasteiger partial charge in [0, 0.05) is 38.2 Å². The van der Waals surface area contributed by atoms with Crippen molar-refractivity contribution < 1.29 is 32.4 Å². The van der Waals surface area contributed by atoms with Gasteiger partial charge < -0.3 is 14.9 Å². The molecule has 1 aliphatic heterocycles. The normalized spacial score (nSPS) is 18.3. The summed E-state index contributed by atoms with van der Waals surface area (Å²) in [7, 11) is 3.03. The van der Waals surface area contributed by atoms with Crippen LogP contribution in [0.2, 0.25) is 0 Å². The average molecular weight is 491 g/mol. The molecule has 0 saturated carbocycles. The minimum Gasteiger partial charge on any atom is -0.507 e. The van der Waals surface area contributed by atoms with Crippen LogP contribution in [0.15, 0.2) is 59.0 Å². The molecule has 1 amide bonds. The van der Waals surface area contributed by atoms with Crippen LogP contribution in [0.25, 0.3) is 5.76 Å². The van der Waals surface area contributed by atoms with Gasteiger partial charge in [-0.25, -0.2) is 17.1 Å². The van der Waals surface area contributed by atoms with Crippen molar-refractivity contribution >= 4 is 27.5 Å². The molecule has 8 nitrogen and oxygen atoms in total. The number of carbonyl (C=O) groups is 2. The number of halogens is 1. The van der Waals surface area contributed by atoms with Crippen molar-refractivity contribution in [2.24, 2.45) is 0 Å². The summed E-state index contributed by atoms with van der Waals surface area (Å²) in [5.41, 5.74) is 0.0255. The summed E-state index contributed by atoms with van der Waals surface area (Å²) in [6.45, 7) is 0.945. The Balaban J connectivity index is 2.10. The van der Waals surface area contributed by atoms with Crippen LogP contribution in [0, 0.1) is 5.82 Å². The fourth-order valence-electron chi connectivity index (χ4n) is 3.88. The number of quaternary nitrogens is 1. The summed E-state index contributed by atoms with van der Waals surface area (Å²) in [4.78, 5) is 28.4. The molecular formula is C24H29FN3O5S+. The lowest BCUT2D eigenvalue weighted by Gasteiger charge is -2.25. The number of carbonyl (C=O) groups excluding carboxylic acids is 2. The minimum absolute atomic E-state index is 0.00587. The Bertz CT molecular complexity index is 1220. The van der Waals surface area contributed by atoms with Crippen LogP contribution in [0.3, 0.4) is 0 Å². The lowest BCUT2D eigenvalue weighted by atomic mass is 9.95. The Hall–Kier alpha value is -3.08. The number of hydrogen-bond donors (Lipinski definition) is 2. The van der Waals surface area contributed by atoms with Crippen LogP contribution >= 0.6 is 0 Å². The van der Waals surface area contributed by atoms with Crippen LogP contribution in [-0.2, 0) is 19.6 Å². The molecule has 1 heterocycles. The van der Waals surface area contributed by atoms with Gasteiger partial charge in [0.1, 0.15) is 11.6 Å². The zero-order valence-electron chi connectivity index (χ0n) is 19.6. The van der Waals surface area contributed by atoms with Crippen molar-refractivity contribution in [1.29, 1.82) is 0 Å². The molecule has 1 aliphatic rings. The molecule has 1 saturated heterocycles. The van der Waals surface area contributed by atoms with Gasteiger partial charge in [0.15, 0.2) is 0 Å². The van der Waals surface area contributed by atoms with E-state index in [1.165, 1.54) is 61.5 Å². The molecule has 0 aliphatic carbocycles. The minimum atomic E-state index is -3.69. The van der Waals surface area contributed by atoms with Crippen molar-refractivity contribution in [2.75, 3.05) is 41.3 Å². The van der Waals surface area contributed by atoms with Gasteiger partial charge in [-0.15, -0.1) is 0 Å². The van der Waals surface area contributed by atoms with E-state index in [4.69, 9.17) is 0 Å². The first-order valence-electron chi connectivity index (χ1n) is 10.8. The Morgan fingerprint density at radius 1 is 1.09 bits per heavy atom. The fraction of sp³-hybridized carbons (Fsp3) is 0.333. The van der Waals surface area contributed by atoms with Crippen LogP contribution in [0.4, 0.5) is 4.39 Å². The van der Waals surface area contributed by atoms with E-state index in [0.717, 1.165) is 15.7 Å². The maximum atomic E-state index is 14.8. The first-order valence-corrected chi connectivity index (χ1v) is 12.3. The van der Waals surface area contributed by atoms with Gasteiger partial charge in [0.05, 0.1) is 37.2 Å². The molecule has 2 aromatic rings. The Kier molecular flexibility index (Phi) is 7.54. The Morgan fingerprint density at radius 2 is 1.71 bits per heavy atom. The van der Waals surface area contributed by atoms with E-state index in [1.54, 1.807) is 6.07 Å². The standard InChI is InChI=1S/C24H28FN3O5S/c1-26(2)14-7-15-28-21(18-8-5-6-9-19(18)25)20(23(30)24(28)31)22(29)16-10-12-17(13-11-16)34(32,33)27(3)4/h5-6,8-13,21,29H,7,14-15H2,1-4H3/p+1/t21-/m0/s1. The number of sulfonamides is 1. The third-order valence-electron chi connectivity index (χ3n) is 5.72. The predicted molar refractivity (Wildman–Crippen MR) is 125 cm³/mol. The smallest absolute Gasteiger partial charge is 0.295 e. The van der Waals surface area contributed by atoms with Crippen LogP contribution < -0.4 is 4.90 Å². The van der Waals surface area contributed by atoms with E-state index in [-0.39, 0.29) is 28.1 Å². The highest BCUT2D eigenvalue weighted by Gasteiger charge is 2.46. The second-order valence-corrected chi connectivity index (χ2v) is 10.8. The van der Waals surface area contributed by atoms with Gasteiger partial charge >= 0.3 is 0 Å². The number of aliphatic hydroxyl groups is 1. The highest BCUT2D eigenvalue weighted by Crippen LogP contribution is 2.40.